The van der Waals surface area contributed by atoms with E-state index in [9.17, 15) is 4.79 Å². The van der Waals surface area contributed by atoms with Crippen molar-refractivity contribution in [3.05, 3.63) is 0 Å². The maximum absolute atomic E-state index is 10.6. The van der Waals surface area contributed by atoms with Crippen LogP contribution in [0, 0.1) is 0 Å². The van der Waals surface area contributed by atoms with E-state index in [4.69, 9.17) is 15.6 Å². The van der Waals surface area contributed by atoms with Gasteiger partial charge >= 0.3 is 5.97 Å². The Kier molecular flexibility index (Phi) is 2.69. The standard InChI is InChI=1S/C8H15NO3/c1-12-8(4-2-3-5-8)6(9)7(10)11/h6H,2-5,9H2,1H3,(H,10,11). The van der Waals surface area contributed by atoms with E-state index < -0.39 is 17.6 Å². The van der Waals surface area contributed by atoms with Crippen LogP contribution in [-0.4, -0.2) is 29.8 Å². The largest absolute Gasteiger partial charge is 0.480 e. The van der Waals surface area contributed by atoms with Gasteiger partial charge in [-0.3, -0.25) is 4.79 Å². The summed E-state index contributed by atoms with van der Waals surface area (Å²) in [7, 11) is 1.54. The van der Waals surface area contributed by atoms with Crippen molar-refractivity contribution >= 4 is 5.97 Å². The predicted octanol–water partition coefficient (Wildman–Crippen LogP) is 0.357. The Balaban J connectivity index is 2.71. The molecule has 4 heteroatoms. The summed E-state index contributed by atoms with van der Waals surface area (Å²) in [6.07, 6.45) is 3.54. The van der Waals surface area contributed by atoms with Gasteiger partial charge in [-0.05, 0) is 12.8 Å². The van der Waals surface area contributed by atoms with E-state index in [1.165, 1.54) is 7.11 Å². The Morgan fingerprint density at radius 2 is 2.08 bits per heavy atom. The molecule has 0 radical (unpaired) electrons. The molecular formula is C8H15NO3. The van der Waals surface area contributed by atoms with Gasteiger partial charge in [-0.15, -0.1) is 0 Å². The monoisotopic (exact) mass is 173 g/mol. The number of ether oxygens (including phenoxy) is 1. The highest BCUT2D eigenvalue weighted by molar-refractivity contribution is 5.75. The van der Waals surface area contributed by atoms with Crippen LogP contribution in [0.2, 0.25) is 0 Å². The maximum Gasteiger partial charge on any atom is 0.323 e. The average molecular weight is 173 g/mol. The van der Waals surface area contributed by atoms with Crippen LogP contribution < -0.4 is 5.73 Å². The highest BCUT2D eigenvalue weighted by Gasteiger charge is 2.43. The van der Waals surface area contributed by atoms with Crippen molar-refractivity contribution in [2.75, 3.05) is 7.11 Å². The molecule has 1 saturated carbocycles. The summed E-state index contributed by atoms with van der Waals surface area (Å²) in [5.74, 6) is -0.973. The van der Waals surface area contributed by atoms with Crippen LogP contribution in [0.3, 0.4) is 0 Å². The van der Waals surface area contributed by atoms with Crippen molar-refractivity contribution in [3.8, 4) is 0 Å². The van der Waals surface area contributed by atoms with Crippen LogP contribution in [0.25, 0.3) is 0 Å². The highest BCUT2D eigenvalue weighted by atomic mass is 16.5. The second-order valence-electron chi connectivity index (χ2n) is 3.29. The molecule has 70 valence electrons. The molecule has 0 bridgehead atoms. The number of carbonyl (C=O) groups is 1. The number of aliphatic carboxylic acids is 1. The van der Waals surface area contributed by atoms with Gasteiger partial charge in [0, 0.05) is 7.11 Å². The summed E-state index contributed by atoms with van der Waals surface area (Å²) < 4.78 is 5.22. The molecule has 0 aromatic heterocycles. The van der Waals surface area contributed by atoms with E-state index in [0.717, 1.165) is 25.7 Å². The molecule has 1 rings (SSSR count). The zero-order chi connectivity index (χ0) is 9.19. The van der Waals surface area contributed by atoms with E-state index in [1.54, 1.807) is 0 Å². The summed E-state index contributed by atoms with van der Waals surface area (Å²) in [4.78, 5) is 10.6. The van der Waals surface area contributed by atoms with Crippen LogP contribution in [0.4, 0.5) is 0 Å². The molecule has 0 heterocycles. The molecule has 1 unspecified atom stereocenters. The number of carboxylic acid groups (broad SMARTS) is 1. The lowest BCUT2D eigenvalue weighted by atomic mass is 9.93. The predicted molar refractivity (Wildman–Crippen MR) is 43.8 cm³/mol. The van der Waals surface area contributed by atoms with Gasteiger partial charge in [0.15, 0.2) is 0 Å². The van der Waals surface area contributed by atoms with E-state index >= 15 is 0 Å². The van der Waals surface area contributed by atoms with Crippen LogP contribution in [0.5, 0.6) is 0 Å². The fourth-order valence-electron chi connectivity index (χ4n) is 1.84. The SMILES string of the molecule is COC1(C(N)C(=O)O)CCCC1. The van der Waals surface area contributed by atoms with Gasteiger partial charge in [-0.25, -0.2) is 0 Å². The zero-order valence-electron chi connectivity index (χ0n) is 7.25. The molecular weight excluding hydrogens is 158 g/mol. The van der Waals surface area contributed by atoms with E-state index in [2.05, 4.69) is 0 Å². The van der Waals surface area contributed by atoms with E-state index in [-0.39, 0.29) is 0 Å². The fraction of sp³-hybridized carbons (Fsp3) is 0.875. The van der Waals surface area contributed by atoms with Crippen molar-refractivity contribution < 1.29 is 14.6 Å². The van der Waals surface area contributed by atoms with E-state index in [1.807, 2.05) is 0 Å². The first kappa shape index (κ1) is 9.48. The minimum absolute atomic E-state index is 0.605. The van der Waals surface area contributed by atoms with Crippen LogP contribution >= 0.6 is 0 Å². The molecule has 0 saturated heterocycles. The second-order valence-corrected chi connectivity index (χ2v) is 3.29. The zero-order valence-corrected chi connectivity index (χ0v) is 7.25. The minimum atomic E-state index is -0.973. The number of nitrogens with two attached hydrogens (primary N) is 1. The van der Waals surface area contributed by atoms with Gasteiger partial charge in [0.25, 0.3) is 0 Å². The highest BCUT2D eigenvalue weighted by Crippen LogP contribution is 2.34. The fourth-order valence-corrected chi connectivity index (χ4v) is 1.84. The first-order chi connectivity index (χ1) is 5.62. The summed E-state index contributed by atoms with van der Waals surface area (Å²) >= 11 is 0. The normalized spacial score (nSPS) is 23.8. The average Bonchev–Trinajstić information content (AvgIpc) is 2.52. The molecule has 0 amide bonds. The Hall–Kier alpha value is -0.610. The van der Waals surface area contributed by atoms with Gasteiger partial charge in [0.1, 0.15) is 6.04 Å². The molecule has 1 atom stereocenters. The lowest BCUT2D eigenvalue weighted by molar-refractivity contribution is -0.147. The maximum atomic E-state index is 10.6. The summed E-state index contributed by atoms with van der Waals surface area (Å²) in [6.45, 7) is 0. The van der Waals surface area contributed by atoms with Crippen molar-refractivity contribution in [1.82, 2.24) is 0 Å². The van der Waals surface area contributed by atoms with Gasteiger partial charge in [0.2, 0.25) is 0 Å². The minimum Gasteiger partial charge on any atom is -0.480 e. The number of methoxy groups -OCH3 is 1. The molecule has 1 aliphatic rings. The summed E-state index contributed by atoms with van der Waals surface area (Å²) in [5, 5.41) is 8.73. The van der Waals surface area contributed by atoms with Crippen LogP contribution in [0.1, 0.15) is 25.7 Å². The molecule has 1 fully saturated rings. The number of rotatable bonds is 3. The lowest BCUT2D eigenvalue weighted by Crippen LogP contribution is -2.52. The molecule has 0 aromatic rings. The van der Waals surface area contributed by atoms with Gasteiger partial charge in [-0.1, -0.05) is 12.8 Å². The topological polar surface area (TPSA) is 72.5 Å². The quantitative estimate of drug-likeness (QED) is 0.646. The Morgan fingerprint density at radius 1 is 1.58 bits per heavy atom. The van der Waals surface area contributed by atoms with Crippen molar-refractivity contribution in [3.63, 3.8) is 0 Å². The molecule has 0 aliphatic heterocycles. The van der Waals surface area contributed by atoms with E-state index in [0.29, 0.717) is 0 Å². The van der Waals surface area contributed by atoms with Crippen molar-refractivity contribution in [2.24, 2.45) is 5.73 Å². The molecule has 3 N–H and O–H groups in total. The van der Waals surface area contributed by atoms with Gasteiger partial charge < -0.3 is 15.6 Å². The van der Waals surface area contributed by atoms with Crippen molar-refractivity contribution in [1.29, 1.82) is 0 Å². The number of hydrogen-bond donors (Lipinski definition) is 2. The molecule has 12 heavy (non-hydrogen) atoms. The van der Waals surface area contributed by atoms with Crippen LogP contribution in [-0.2, 0) is 9.53 Å². The Labute approximate surface area is 71.7 Å². The van der Waals surface area contributed by atoms with Gasteiger partial charge in [0.05, 0.1) is 5.60 Å². The van der Waals surface area contributed by atoms with Crippen molar-refractivity contribution in [2.45, 2.75) is 37.3 Å². The Bertz CT molecular complexity index is 175. The summed E-state index contributed by atoms with van der Waals surface area (Å²) in [5.41, 5.74) is 4.94. The van der Waals surface area contributed by atoms with Gasteiger partial charge in [-0.2, -0.15) is 0 Å². The summed E-state index contributed by atoms with van der Waals surface area (Å²) in [6, 6.07) is -0.884. The third-order valence-electron chi connectivity index (χ3n) is 2.69. The van der Waals surface area contributed by atoms with Crippen LogP contribution in [0.15, 0.2) is 0 Å². The first-order valence-electron chi connectivity index (χ1n) is 4.16. The third-order valence-corrected chi connectivity index (χ3v) is 2.69. The first-order valence-corrected chi connectivity index (χ1v) is 4.16. The lowest BCUT2D eigenvalue weighted by Gasteiger charge is -2.30. The Morgan fingerprint density at radius 3 is 2.42 bits per heavy atom. The second kappa shape index (κ2) is 3.41. The molecule has 4 nitrogen and oxygen atoms in total. The third kappa shape index (κ3) is 1.44. The number of hydrogen-bond acceptors (Lipinski definition) is 3. The molecule has 0 aromatic carbocycles. The molecule has 0 spiro atoms. The smallest absolute Gasteiger partial charge is 0.323 e. The molecule has 1 aliphatic carbocycles. The number of carboxylic acids is 1.